The van der Waals surface area contributed by atoms with Crippen LogP contribution in [0.15, 0.2) is 18.3 Å². The highest BCUT2D eigenvalue weighted by molar-refractivity contribution is 8.01. The third-order valence-corrected chi connectivity index (χ3v) is 5.99. The van der Waals surface area contributed by atoms with E-state index < -0.39 is 22.6 Å². The Morgan fingerprint density at radius 3 is 2.41 bits per heavy atom. The van der Waals surface area contributed by atoms with Crippen molar-refractivity contribution in [3.05, 3.63) is 23.9 Å². The second-order valence-corrected chi connectivity index (χ2v) is 8.56. The maximum Gasteiger partial charge on any atom is 0.417 e. The summed E-state index contributed by atoms with van der Waals surface area (Å²) in [4.78, 5) is 28.4. The van der Waals surface area contributed by atoms with Gasteiger partial charge >= 0.3 is 12.3 Å². The highest BCUT2D eigenvalue weighted by Gasteiger charge is 2.32. The average Bonchev–Trinajstić information content (AvgIpc) is 2.60. The van der Waals surface area contributed by atoms with Gasteiger partial charge in [-0.2, -0.15) is 13.2 Å². The lowest BCUT2D eigenvalue weighted by atomic mass is 9.99. The van der Waals surface area contributed by atoms with Gasteiger partial charge in [-0.1, -0.05) is 0 Å². The van der Waals surface area contributed by atoms with E-state index in [1.165, 1.54) is 16.7 Å². The molecule has 0 atom stereocenters. The predicted molar refractivity (Wildman–Crippen MR) is 96.7 cm³/mol. The standard InChI is InChI=1S/C17H22F3N3O3S/c1-16(2,27-10-11-5-7-23(8-6-11)15(25)26)14(24)22-13-4-3-12(9-21-13)17(18,19)20/h3-4,9,11H,5-8,10H2,1-2H3,(H,25,26)(H,21,22,24). The van der Waals surface area contributed by atoms with Gasteiger partial charge in [-0.15, -0.1) is 11.8 Å². The molecule has 150 valence electrons. The summed E-state index contributed by atoms with van der Waals surface area (Å²) in [5.41, 5.74) is -0.873. The van der Waals surface area contributed by atoms with Gasteiger partial charge in [0.05, 0.1) is 10.3 Å². The highest BCUT2D eigenvalue weighted by atomic mass is 32.2. The van der Waals surface area contributed by atoms with Crippen molar-refractivity contribution in [1.82, 2.24) is 9.88 Å². The minimum atomic E-state index is -4.47. The first-order valence-electron chi connectivity index (χ1n) is 8.45. The van der Waals surface area contributed by atoms with Gasteiger partial charge in [0.25, 0.3) is 0 Å². The van der Waals surface area contributed by atoms with Crippen molar-refractivity contribution in [1.29, 1.82) is 0 Å². The van der Waals surface area contributed by atoms with Crippen LogP contribution in [-0.2, 0) is 11.0 Å². The van der Waals surface area contributed by atoms with Gasteiger partial charge in [0.1, 0.15) is 5.82 Å². The maximum absolute atomic E-state index is 12.6. The number of carboxylic acid groups (broad SMARTS) is 1. The molecular weight excluding hydrogens is 383 g/mol. The minimum absolute atomic E-state index is 0.0661. The van der Waals surface area contributed by atoms with E-state index in [2.05, 4.69) is 10.3 Å². The molecule has 0 unspecified atom stereocenters. The number of alkyl halides is 3. The normalized spacial score (nSPS) is 16.3. The van der Waals surface area contributed by atoms with Crippen molar-refractivity contribution in [2.45, 2.75) is 37.6 Å². The molecule has 0 bridgehead atoms. The van der Waals surface area contributed by atoms with E-state index in [9.17, 15) is 22.8 Å². The molecule has 10 heteroatoms. The molecule has 2 heterocycles. The first-order chi connectivity index (χ1) is 12.5. The zero-order chi connectivity index (χ0) is 20.2. The van der Waals surface area contributed by atoms with Crippen LogP contribution in [0.1, 0.15) is 32.3 Å². The number of pyridine rings is 1. The average molecular weight is 405 g/mol. The number of nitrogens with one attached hydrogen (secondary N) is 1. The Balaban J connectivity index is 1.85. The van der Waals surface area contributed by atoms with E-state index in [1.54, 1.807) is 13.8 Å². The number of rotatable bonds is 5. The SMILES string of the molecule is CC(C)(SCC1CCN(C(=O)O)CC1)C(=O)Nc1ccc(C(F)(F)F)cn1. The molecule has 6 nitrogen and oxygen atoms in total. The quantitative estimate of drug-likeness (QED) is 0.775. The van der Waals surface area contributed by atoms with Crippen molar-refractivity contribution < 1.29 is 27.9 Å². The molecule has 2 amide bonds. The fraction of sp³-hybridized carbons (Fsp3) is 0.588. The van der Waals surface area contributed by atoms with Gasteiger partial charge in [0, 0.05) is 19.3 Å². The first-order valence-corrected chi connectivity index (χ1v) is 9.44. The van der Waals surface area contributed by atoms with Crippen LogP contribution in [0.2, 0.25) is 0 Å². The molecule has 1 aliphatic rings. The molecule has 1 aliphatic heterocycles. The molecule has 1 saturated heterocycles. The summed E-state index contributed by atoms with van der Waals surface area (Å²) in [5, 5.41) is 11.5. The number of hydrogen-bond donors (Lipinski definition) is 2. The largest absolute Gasteiger partial charge is 0.465 e. The molecule has 0 spiro atoms. The summed E-state index contributed by atoms with van der Waals surface area (Å²) in [7, 11) is 0. The smallest absolute Gasteiger partial charge is 0.417 e. The van der Waals surface area contributed by atoms with Crippen LogP contribution in [0.25, 0.3) is 0 Å². The van der Waals surface area contributed by atoms with E-state index >= 15 is 0 Å². The van der Waals surface area contributed by atoms with E-state index in [1.807, 2.05) is 0 Å². The molecule has 1 aromatic rings. The van der Waals surface area contributed by atoms with Crippen molar-refractivity contribution in [3.63, 3.8) is 0 Å². The highest BCUT2D eigenvalue weighted by Crippen LogP contribution is 2.32. The molecule has 0 radical (unpaired) electrons. The third-order valence-electron chi connectivity index (χ3n) is 4.44. The predicted octanol–water partition coefficient (Wildman–Crippen LogP) is 3.94. The zero-order valence-corrected chi connectivity index (χ0v) is 15.9. The second kappa shape index (κ2) is 8.37. The summed E-state index contributed by atoms with van der Waals surface area (Å²) in [6, 6.07) is 2.00. The fourth-order valence-corrected chi connectivity index (χ4v) is 3.75. The van der Waals surface area contributed by atoms with Crippen LogP contribution in [-0.4, -0.2) is 50.6 Å². The number of nitrogens with zero attached hydrogens (tertiary/aromatic N) is 2. The van der Waals surface area contributed by atoms with Crippen molar-refractivity contribution in [2.75, 3.05) is 24.2 Å². The molecule has 2 N–H and O–H groups in total. The summed E-state index contributed by atoms with van der Waals surface area (Å²) in [5.74, 6) is 0.745. The molecule has 2 rings (SSSR count). The van der Waals surface area contributed by atoms with Gasteiger partial charge in [0.15, 0.2) is 0 Å². The molecule has 0 aromatic carbocycles. The van der Waals surface area contributed by atoms with Crippen molar-refractivity contribution in [2.24, 2.45) is 5.92 Å². The zero-order valence-electron chi connectivity index (χ0n) is 15.0. The maximum atomic E-state index is 12.6. The molecular formula is C17H22F3N3O3S. The Bertz CT molecular complexity index is 672. The Kier molecular flexibility index (Phi) is 6.61. The number of piperidine rings is 1. The third kappa shape index (κ3) is 6.02. The van der Waals surface area contributed by atoms with Crippen LogP contribution in [0.3, 0.4) is 0 Å². The van der Waals surface area contributed by atoms with Gasteiger partial charge < -0.3 is 15.3 Å². The van der Waals surface area contributed by atoms with E-state index in [4.69, 9.17) is 5.11 Å². The Morgan fingerprint density at radius 1 is 1.30 bits per heavy atom. The van der Waals surface area contributed by atoms with Crippen LogP contribution in [0.4, 0.5) is 23.8 Å². The molecule has 27 heavy (non-hydrogen) atoms. The molecule has 1 fully saturated rings. The number of aromatic nitrogens is 1. The van der Waals surface area contributed by atoms with Gasteiger partial charge in [-0.3, -0.25) is 4.79 Å². The van der Waals surface area contributed by atoms with E-state index in [0.29, 0.717) is 31.0 Å². The fourth-order valence-electron chi connectivity index (χ4n) is 2.58. The number of amides is 2. The number of carbonyl (C=O) groups excluding carboxylic acids is 1. The van der Waals surface area contributed by atoms with Gasteiger partial charge in [0.2, 0.25) is 5.91 Å². The monoisotopic (exact) mass is 405 g/mol. The Hall–Kier alpha value is -1.97. The lowest BCUT2D eigenvalue weighted by Crippen LogP contribution is -2.39. The molecule has 0 saturated carbocycles. The number of likely N-dealkylation sites (tertiary alicyclic amines) is 1. The summed E-state index contributed by atoms with van der Waals surface area (Å²) >= 11 is 1.44. The molecule has 0 aliphatic carbocycles. The van der Waals surface area contributed by atoms with Gasteiger partial charge in [-0.25, -0.2) is 9.78 Å². The second-order valence-electron chi connectivity index (χ2n) is 6.92. The molecule has 1 aromatic heterocycles. The topological polar surface area (TPSA) is 82.5 Å². The number of halogens is 3. The van der Waals surface area contributed by atoms with Crippen molar-refractivity contribution in [3.8, 4) is 0 Å². The van der Waals surface area contributed by atoms with Crippen LogP contribution in [0, 0.1) is 5.92 Å². The first kappa shape index (κ1) is 21.3. The Labute approximate surface area is 159 Å². The minimum Gasteiger partial charge on any atom is -0.465 e. The van der Waals surface area contributed by atoms with E-state index in [0.717, 1.165) is 25.0 Å². The number of carbonyl (C=O) groups is 2. The van der Waals surface area contributed by atoms with E-state index in [-0.39, 0.29) is 11.7 Å². The lowest BCUT2D eigenvalue weighted by molar-refractivity contribution is -0.137. The lowest BCUT2D eigenvalue weighted by Gasteiger charge is -2.31. The Morgan fingerprint density at radius 2 is 1.93 bits per heavy atom. The summed E-state index contributed by atoms with van der Waals surface area (Å²) in [6.45, 7) is 4.46. The van der Waals surface area contributed by atoms with Crippen LogP contribution >= 0.6 is 11.8 Å². The number of hydrogen-bond acceptors (Lipinski definition) is 4. The summed E-state index contributed by atoms with van der Waals surface area (Å²) in [6.07, 6.45) is -3.20. The van der Waals surface area contributed by atoms with Crippen LogP contribution in [0.5, 0.6) is 0 Å². The van der Waals surface area contributed by atoms with Gasteiger partial charge in [-0.05, 0) is 50.5 Å². The number of anilines is 1. The summed E-state index contributed by atoms with van der Waals surface area (Å²) < 4.78 is 36.9. The number of thioether (sulfide) groups is 1. The van der Waals surface area contributed by atoms with Crippen LogP contribution < -0.4 is 5.32 Å². The van der Waals surface area contributed by atoms with Crippen molar-refractivity contribution >= 4 is 29.6 Å².